The largest absolute Gasteiger partial charge is 0.417 e. The van der Waals surface area contributed by atoms with Crippen molar-refractivity contribution in [3.63, 3.8) is 0 Å². The van der Waals surface area contributed by atoms with E-state index in [0.29, 0.717) is 17.7 Å². The first-order valence-corrected chi connectivity index (χ1v) is 11.2. The van der Waals surface area contributed by atoms with Crippen LogP contribution in [0.4, 0.5) is 10.5 Å². The predicted octanol–water partition coefficient (Wildman–Crippen LogP) is 5.99. The molecule has 158 valence electrons. The molecule has 1 N–H and O–H groups in total. The second-order valence-corrected chi connectivity index (χ2v) is 8.52. The van der Waals surface area contributed by atoms with Gasteiger partial charge in [-0.05, 0) is 73.0 Å². The number of nitrogens with zero attached hydrogens (tertiary/aromatic N) is 1. The molecular weight excluding hydrogens is 384 g/mol. The van der Waals surface area contributed by atoms with Gasteiger partial charge in [-0.2, -0.15) is 0 Å². The summed E-state index contributed by atoms with van der Waals surface area (Å²) in [5.41, 5.74) is 4.68. The summed E-state index contributed by atoms with van der Waals surface area (Å²) in [5.74, 6) is 1.20. The Bertz CT molecular complexity index is 1040. The lowest BCUT2D eigenvalue weighted by Crippen LogP contribution is -2.45. The average molecular weight is 413 g/mol. The highest BCUT2D eigenvalue weighted by atomic mass is 16.6. The molecule has 0 unspecified atom stereocenters. The minimum atomic E-state index is -0.434. The van der Waals surface area contributed by atoms with E-state index < -0.39 is 6.09 Å². The fraction of sp³-hybridized carbons (Fsp3) is 0.296. The molecule has 1 fully saturated rings. The first kappa shape index (κ1) is 19.8. The Morgan fingerprint density at radius 3 is 2.52 bits per heavy atom. The van der Waals surface area contributed by atoms with Crippen molar-refractivity contribution in [2.75, 3.05) is 11.9 Å². The number of carbonyl (C=O) groups is 1. The third-order valence-corrected chi connectivity index (χ3v) is 6.60. The Labute approximate surface area is 183 Å². The summed E-state index contributed by atoms with van der Waals surface area (Å²) in [4.78, 5) is 15.1. The van der Waals surface area contributed by atoms with E-state index >= 15 is 0 Å². The lowest BCUT2D eigenvalue weighted by atomic mass is 9.74. The van der Waals surface area contributed by atoms with Crippen molar-refractivity contribution in [3.8, 4) is 5.75 Å². The first-order valence-electron chi connectivity index (χ1n) is 11.2. The average Bonchev–Trinajstić information content (AvgIpc) is 2.81. The van der Waals surface area contributed by atoms with E-state index in [-0.39, 0.29) is 0 Å². The summed E-state index contributed by atoms with van der Waals surface area (Å²) in [6, 6.07) is 26.9. The smallest absolute Gasteiger partial charge is 0.410 e. The molecule has 2 aliphatic rings. The molecule has 0 bridgehead atoms. The summed E-state index contributed by atoms with van der Waals surface area (Å²) in [6.45, 7) is 2.16. The van der Waals surface area contributed by atoms with Gasteiger partial charge in [-0.1, -0.05) is 60.7 Å². The minimum Gasteiger partial charge on any atom is -0.410 e. The van der Waals surface area contributed by atoms with Crippen molar-refractivity contribution >= 4 is 11.8 Å². The summed E-state index contributed by atoms with van der Waals surface area (Å²) < 4.78 is 5.76. The van der Waals surface area contributed by atoms with Crippen molar-refractivity contribution in [1.82, 2.24) is 4.90 Å². The molecule has 3 aromatic carbocycles. The van der Waals surface area contributed by atoms with Gasteiger partial charge in [0.15, 0.2) is 0 Å². The molecule has 0 spiro atoms. The van der Waals surface area contributed by atoms with Gasteiger partial charge in [0, 0.05) is 18.3 Å². The summed E-state index contributed by atoms with van der Waals surface area (Å²) in [6.07, 6.45) is 4.01. The zero-order valence-electron chi connectivity index (χ0n) is 17.7. The van der Waals surface area contributed by atoms with Crippen LogP contribution in [0.5, 0.6) is 5.75 Å². The van der Waals surface area contributed by atoms with Gasteiger partial charge in [0.05, 0.1) is 0 Å². The van der Waals surface area contributed by atoms with Gasteiger partial charge in [0.25, 0.3) is 0 Å². The number of anilines is 1. The number of hydrogen-bond donors (Lipinski definition) is 1. The van der Waals surface area contributed by atoms with Crippen molar-refractivity contribution in [2.24, 2.45) is 0 Å². The quantitative estimate of drug-likeness (QED) is 0.572. The first-order chi connectivity index (χ1) is 15.3. The number of fused-ring (bicyclic) bond motifs is 3. The van der Waals surface area contributed by atoms with E-state index in [1.54, 1.807) is 0 Å². The Morgan fingerprint density at radius 2 is 1.71 bits per heavy atom. The van der Waals surface area contributed by atoms with Gasteiger partial charge in [-0.25, -0.2) is 4.79 Å². The monoisotopic (exact) mass is 412 g/mol. The number of likely N-dealkylation sites (tertiary alicyclic amines) is 1. The molecule has 0 aromatic heterocycles. The maximum absolute atomic E-state index is 12.5. The lowest BCUT2D eigenvalue weighted by molar-refractivity contribution is 0.104. The molecule has 1 aliphatic heterocycles. The molecule has 0 radical (unpaired) electrons. The van der Waals surface area contributed by atoms with E-state index in [9.17, 15) is 4.79 Å². The van der Waals surface area contributed by atoms with Crippen LogP contribution < -0.4 is 10.1 Å². The van der Waals surface area contributed by atoms with Gasteiger partial charge < -0.3 is 4.74 Å². The van der Waals surface area contributed by atoms with Crippen LogP contribution in [-0.2, 0) is 13.0 Å². The fourth-order valence-electron chi connectivity index (χ4n) is 5.24. The SMILES string of the molecule is O=C(Nc1ccccc1)Oc1cccc2c1CC[C@H]1[C@H]2CCCN1Cc1ccccc1. The highest BCUT2D eigenvalue weighted by Crippen LogP contribution is 2.43. The number of carbonyl (C=O) groups excluding carboxylic acids is 1. The number of hydrogen-bond acceptors (Lipinski definition) is 3. The van der Waals surface area contributed by atoms with Gasteiger partial charge in [-0.15, -0.1) is 0 Å². The van der Waals surface area contributed by atoms with E-state index in [0.717, 1.165) is 31.6 Å². The zero-order valence-corrected chi connectivity index (χ0v) is 17.7. The van der Waals surface area contributed by atoms with Gasteiger partial charge in [-0.3, -0.25) is 10.2 Å². The maximum atomic E-state index is 12.5. The van der Waals surface area contributed by atoms with Crippen molar-refractivity contribution < 1.29 is 9.53 Å². The molecule has 1 amide bonds. The molecule has 1 aliphatic carbocycles. The van der Waals surface area contributed by atoms with Crippen LogP contribution in [0.1, 0.15) is 41.9 Å². The molecule has 1 heterocycles. The minimum absolute atomic E-state index is 0.434. The lowest BCUT2D eigenvalue weighted by Gasteiger charge is -2.45. The third kappa shape index (κ3) is 4.35. The molecule has 2 atom stereocenters. The Kier molecular flexibility index (Phi) is 5.72. The zero-order chi connectivity index (χ0) is 21.0. The molecule has 3 aromatic rings. The summed E-state index contributed by atoms with van der Waals surface area (Å²) >= 11 is 0. The highest BCUT2D eigenvalue weighted by Gasteiger charge is 2.37. The van der Waals surface area contributed by atoms with E-state index in [1.165, 1.54) is 29.5 Å². The highest BCUT2D eigenvalue weighted by molar-refractivity contribution is 5.86. The van der Waals surface area contributed by atoms with Crippen LogP contribution in [0.25, 0.3) is 0 Å². The molecule has 0 saturated carbocycles. The molecule has 5 rings (SSSR count). The van der Waals surface area contributed by atoms with E-state index in [2.05, 4.69) is 46.6 Å². The number of nitrogens with one attached hydrogen (secondary N) is 1. The second-order valence-electron chi connectivity index (χ2n) is 8.52. The van der Waals surface area contributed by atoms with Crippen LogP contribution in [0.3, 0.4) is 0 Å². The number of piperidine rings is 1. The van der Waals surface area contributed by atoms with Crippen molar-refractivity contribution in [3.05, 3.63) is 95.6 Å². The Hall–Kier alpha value is -3.11. The third-order valence-electron chi connectivity index (χ3n) is 6.60. The molecule has 1 saturated heterocycles. The Balaban J connectivity index is 1.33. The molecule has 4 nitrogen and oxygen atoms in total. The number of ether oxygens (including phenoxy) is 1. The normalized spacial score (nSPS) is 20.4. The second kappa shape index (κ2) is 8.94. The number of benzene rings is 3. The van der Waals surface area contributed by atoms with Gasteiger partial charge >= 0.3 is 6.09 Å². The molecule has 4 heteroatoms. The van der Waals surface area contributed by atoms with Crippen LogP contribution in [0.2, 0.25) is 0 Å². The number of rotatable bonds is 4. The predicted molar refractivity (Wildman–Crippen MR) is 123 cm³/mol. The van der Waals surface area contributed by atoms with Gasteiger partial charge in [0.2, 0.25) is 0 Å². The van der Waals surface area contributed by atoms with Gasteiger partial charge in [0.1, 0.15) is 5.75 Å². The number of para-hydroxylation sites is 1. The molecular formula is C27H28N2O2. The van der Waals surface area contributed by atoms with Crippen LogP contribution in [0.15, 0.2) is 78.9 Å². The standard InChI is InChI=1S/C27H28N2O2/c30-27(28-21-11-5-2-6-12-21)31-26-15-7-13-22-23-14-8-18-29(25(23)17-16-24(22)26)19-20-9-3-1-4-10-20/h1-7,9-13,15,23,25H,8,14,16-19H2,(H,28,30)/t23-,25-/m0/s1. The van der Waals surface area contributed by atoms with E-state index in [4.69, 9.17) is 4.74 Å². The van der Waals surface area contributed by atoms with Crippen molar-refractivity contribution in [2.45, 2.75) is 44.2 Å². The van der Waals surface area contributed by atoms with Crippen LogP contribution in [-0.4, -0.2) is 23.6 Å². The summed E-state index contributed by atoms with van der Waals surface area (Å²) in [5, 5.41) is 2.82. The topological polar surface area (TPSA) is 41.6 Å². The Morgan fingerprint density at radius 1 is 0.935 bits per heavy atom. The van der Waals surface area contributed by atoms with E-state index in [1.807, 2.05) is 42.5 Å². The maximum Gasteiger partial charge on any atom is 0.417 e. The van der Waals surface area contributed by atoms with Crippen molar-refractivity contribution in [1.29, 1.82) is 0 Å². The summed E-state index contributed by atoms with van der Waals surface area (Å²) in [7, 11) is 0. The van der Waals surface area contributed by atoms with Crippen LogP contribution >= 0.6 is 0 Å². The fourth-order valence-corrected chi connectivity index (χ4v) is 5.24. The molecule has 31 heavy (non-hydrogen) atoms. The van der Waals surface area contributed by atoms with Crippen LogP contribution in [0, 0.1) is 0 Å². The number of amides is 1.